The number of hydrogen-bond donors (Lipinski definition) is 0. The lowest BCUT2D eigenvalue weighted by atomic mass is 10.0. The van der Waals surface area contributed by atoms with E-state index in [0.717, 1.165) is 5.56 Å². The van der Waals surface area contributed by atoms with Crippen molar-refractivity contribution in [2.75, 3.05) is 0 Å². The van der Waals surface area contributed by atoms with Gasteiger partial charge >= 0.3 is 5.97 Å². The molecule has 0 unspecified atom stereocenters. The Hall–Kier alpha value is -2.10. The van der Waals surface area contributed by atoms with E-state index in [4.69, 9.17) is 9.47 Å². The first kappa shape index (κ1) is 13.3. The van der Waals surface area contributed by atoms with Crippen LogP contribution in [0.5, 0.6) is 0 Å². The molecule has 0 atom stereocenters. The van der Waals surface area contributed by atoms with E-state index in [9.17, 15) is 9.59 Å². The van der Waals surface area contributed by atoms with Crippen LogP contribution in [-0.2, 0) is 25.5 Å². The average molecular weight is 260 g/mol. The molecule has 2 rings (SSSR count). The number of cyclic esters (lactones) is 1. The van der Waals surface area contributed by atoms with Gasteiger partial charge in [0.15, 0.2) is 5.78 Å². The van der Waals surface area contributed by atoms with E-state index in [2.05, 4.69) is 0 Å². The third-order valence-electron chi connectivity index (χ3n) is 2.78. The van der Waals surface area contributed by atoms with Gasteiger partial charge in [0.2, 0.25) is 5.79 Å². The molecule has 0 bridgehead atoms. The summed E-state index contributed by atoms with van der Waals surface area (Å²) in [4.78, 5) is 24.0. The number of benzene rings is 1. The van der Waals surface area contributed by atoms with Crippen molar-refractivity contribution in [3.63, 3.8) is 0 Å². The number of ether oxygens (including phenoxy) is 2. The average Bonchev–Trinajstić information content (AvgIpc) is 2.27. The Morgan fingerprint density at radius 1 is 1.16 bits per heavy atom. The number of carbonyl (C=O) groups excluding carboxylic acids is 2. The summed E-state index contributed by atoms with van der Waals surface area (Å²) in [5.74, 6) is -1.60. The first-order valence-electron chi connectivity index (χ1n) is 6.09. The first-order valence-corrected chi connectivity index (χ1v) is 6.09. The van der Waals surface area contributed by atoms with Crippen molar-refractivity contribution >= 4 is 11.8 Å². The second-order valence-corrected chi connectivity index (χ2v) is 4.91. The van der Waals surface area contributed by atoms with Crippen LogP contribution in [-0.4, -0.2) is 17.5 Å². The third kappa shape index (κ3) is 3.02. The molecule has 0 radical (unpaired) electrons. The van der Waals surface area contributed by atoms with Crippen LogP contribution in [0.1, 0.15) is 26.3 Å². The largest absolute Gasteiger partial charge is 0.456 e. The normalized spacial score (nSPS) is 17.7. The van der Waals surface area contributed by atoms with Crippen molar-refractivity contribution in [3.05, 3.63) is 47.2 Å². The van der Waals surface area contributed by atoms with Gasteiger partial charge in [0, 0.05) is 20.3 Å². The summed E-state index contributed by atoms with van der Waals surface area (Å²) in [6, 6.07) is 9.25. The second kappa shape index (κ2) is 4.88. The summed E-state index contributed by atoms with van der Waals surface area (Å²) >= 11 is 0. The summed E-state index contributed by atoms with van der Waals surface area (Å²) in [5.41, 5.74) is 0.855. The fraction of sp³-hybridized carbons (Fsp3) is 0.333. The zero-order chi connectivity index (χ0) is 14.0. The molecule has 0 aromatic heterocycles. The lowest BCUT2D eigenvalue weighted by Gasteiger charge is -2.31. The SMILES string of the molecule is CC1=C(C(=O)Cc2ccccc2)C(=O)OC(C)(C)O1. The Bertz CT molecular complexity index is 541. The van der Waals surface area contributed by atoms with Gasteiger partial charge in [0.1, 0.15) is 11.3 Å². The van der Waals surface area contributed by atoms with E-state index >= 15 is 0 Å². The van der Waals surface area contributed by atoms with Crippen LogP contribution in [0.4, 0.5) is 0 Å². The van der Waals surface area contributed by atoms with E-state index in [1.54, 1.807) is 20.8 Å². The highest BCUT2D eigenvalue weighted by atomic mass is 16.7. The second-order valence-electron chi connectivity index (χ2n) is 4.91. The number of Topliss-reactive ketones (excluding diaryl/α,β-unsaturated/α-hetero) is 1. The van der Waals surface area contributed by atoms with Gasteiger partial charge in [-0.25, -0.2) is 4.79 Å². The molecule has 19 heavy (non-hydrogen) atoms. The summed E-state index contributed by atoms with van der Waals surface area (Å²) in [7, 11) is 0. The van der Waals surface area contributed by atoms with Gasteiger partial charge in [-0.15, -0.1) is 0 Å². The van der Waals surface area contributed by atoms with Gasteiger partial charge in [-0.3, -0.25) is 4.79 Å². The molecule has 1 aliphatic rings. The van der Waals surface area contributed by atoms with Crippen LogP contribution in [0, 0.1) is 0 Å². The molecule has 0 spiro atoms. The highest BCUT2D eigenvalue weighted by molar-refractivity contribution is 6.18. The Kier molecular flexibility index (Phi) is 3.42. The standard InChI is InChI=1S/C15H16O4/c1-10-13(14(17)19-15(2,3)18-10)12(16)9-11-7-5-4-6-8-11/h4-8H,9H2,1-3H3. The molecule has 1 aromatic carbocycles. The number of rotatable bonds is 3. The molecule has 1 heterocycles. The van der Waals surface area contributed by atoms with Gasteiger partial charge in [-0.2, -0.15) is 0 Å². The molecular weight excluding hydrogens is 244 g/mol. The minimum absolute atomic E-state index is 0.00294. The Balaban J connectivity index is 2.22. The van der Waals surface area contributed by atoms with E-state index in [0.29, 0.717) is 5.76 Å². The highest BCUT2D eigenvalue weighted by Gasteiger charge is 2.37. The van der Waals surface area contributed by atoms with Crippen molar-refractivity contribution in [2.24, 2.45) is 0 Å². The molecule has 4 heteroatoms. The van der Waals surface area contributed by atoms with E-state index in [1.165, 1.54) is 0 Å². The van der Waals surface area contributed by atoms with Crippen molar-refractivity contribution in [3.8, 4) is 0 Å². The van der Waals surface area contributed by atoms with Gasteiger partial charge in [-0.05, 0) is 12.5 Å². The fourth-order valence-electron chi connectivity index (χ4n) is 2.04. The Morgan fingerprint density at radius 2 is 1.79 bits per heavy atom. The number of ketones is 1. The van der Waals surface area contributed by atoms with Crippen LogP contribution >= 0.6 is 0 Å². The zero-order valence-corrected chi connectivity index (χ0v) is 11.2. The maximum absolute atomic E-state index is 12.2. The molecule has 0 saturated heterocycles. The summed E-state index contributed by atoms with van der Waals surface area (Å²) in [6.07, 6.45) is 0.159. The fourth-order valence-corrected chi connectivity index (χ4v) is 2.04. The lowest BCUT2D eigenvalue weighted by molar-refractivity contribution is -0.207. The van der Waals surface area contributed by atoms with Crippen molar-refractivity contribution in [1.29, 1.82) is 0 Å². The number of esters is 1. The molecule has 1 aromatic rings. The van der Waals surface area contributed by atoms with Crippen molar-refractivity contribution in [2.45, 2.75) is 33.0 Å². The van der Waals surface area contributed by atoms with Crippen LogP contribution in [0.2, 0.25) is 0 Å². The predicted octanol–water partition coefficient (Wildman–Crippen LogP) is 2.38. The van der Waals surface area contributed by atoms with Gasteiger partial charge in [0.05, 0.1) is 0 Å². The van der Waals surface area contributed by atoms with Gasteiger partial charge < -0.3 is 9.47 Å². The minimum atomic E-state index is -1.02. The smallest absolute Gasteiger partial charge is 0.348 e. The predicted molar refractivity (Wildman–Crippen MR) is 69.1 cm³/mol. The molecule has 100 valence electrons. The molecule has 0 fully saturated rings. The monoisotopic (exact) mass is 260 g/mol. The molecule has 0 amide bonds. The van der Waals surface area contributed by atoms with Crippen LogP contribution in [0.25, 0.3) is 0 Å². The molecule has 0 N–H and O–H groups in total. The molecule has 0 saturated carbocycles. The van der Waals surface area contributed by atoms with Crippen LogP contribution in [0.15, 0.2) is 41.7 Å². The minimum Gasteiger partial charge on any atom is -0.456 e. The molecular formula is C15H16O4. The van der Waals surface area contributed by atoms with Gasteiger partial charge in [0.25, 0.3) is 0 Å². The number of hydrogen-bond acceptors (Lipinski definition) is 4. The van der Waals surface area contributed by atoms with E-state index in [1.807, 2.05) is 30.3 Å². The summed E-state index contributed by atoms with van der Waals surface area (Å²) in [6.45, 7) is 4.88. The number of allylic oxidation sites excluding steroid dienone is 1. The van der Waals surface area contributed by atoms with Crippen molar-refractivity contribution < 1.29 is 19.1 Å². The maximum atomic E-state index is 12.2. The first-order chi connectivity index (χ1) is 8.89. The molecule has 0 aliphatic carbocycles. The Morgan fingerprint density at radius 3 is 2.37 bits per heavy atom. The van der Waals surface area contributed by atoms with E-state index in [-0.39, 0.29) is 17.8 Å². The number of carbonyl (C=O) groups is 2. The lowest BCUT2D eigenvalue weighted by Crippen LogP contribution is -2.38. The summed E-state index contributed by atoms with van der Waals surface area (Å²) < 4.78 is 10.5. The van der Waals surface area contributed by atoms with Crippen LogP contribution < -0.4 is 0 Å². The Labute approximate surface area is 112 Å². The van der Waals surface area contributed by atoms with Crippen molar-refractivity contribution in [1.82, 2.24) is 0 Å². The third-order valence-corrected chi connectivity index (χ3v) is 2.78. The molecule has 1 aliphatic heterocycles. The highest BCUT2D eigenvalue weighted by Crippen LogP contribution is 2.27. The topological polar surface area (TPSA) is 52.6 Å². The summed E-state index contributed by atoms with van der Waals surface area (Å²) in [5, 5.41) is 0. The zero-order valence-electron chi connectivity index (χ0n) is 11.2. The quantitative estimate of drug-likeness (QED) is 0.618. The molecule has 4 nitrogen and oxygen atoms in total. The van der Waals surface area contributed by atoms with Gasteiger partial charge in [-0.1, -0.05) is 30.3 Å². The maximum Gasteiger partial charge on any atom is 0.348 e. The van der Waals surface area contributed by atoms with Crippen LogP contribution in [0.3, 0.4) is 0 Å². The van der Waals surface area contributed by atoms with E-state index < -0.39 is 11.8 Å².